The van der Waals surface area contributed by atoms with E-state index in [4.69, 9.17) is 5.73 Å². The molecule has 3 N–H and O–H groups in total. The fourth-order valence-electron chi connectivity index (χ4n) is 2.36. The second-order valence-corrected chi connectivity index (χ2v) is 6.05. The number of aromatic nitrogens is 3. The van der Waals surface area contributed by atoms with Gasteiger partial charge in [0.25, 0.3) is 0 Å². The number of hydrogen-bond donors (Lipinski definition) is 2. The lowest BCUT2D eigenvalue weighted by molar-refractivity contribution is 0.704. The average Bonchev–Trinajstić information content (AvgIpc) is 3.07. The molecule has 5 heteroatoms. The van der Waals surface area contributed by atoms with Crippen molar-refractivity contribution in [2.45, 2.75) is 32.2 Å². The van der Waals surface area contributed by atoms with Gasteiger partial charge >= 0.3 is 0 Å². The van der Waals surface area contributed by atoms with Crippen LogP contribution >= 0.6 is 11.3 Å². The van der Waals surface area contributed by atoms with Crippen LogP contribution in [-0.2, 0) is 12.8 Å². The van der Waals surface area contributed by atoms with Crippen molar-refractivity contribution in [1.82, 2.24) is 15.2 Å². The predicted octanol–water partition coefficient (Wildman–Crippen LogP) is 3.21. The van der Waals surface area contributed by atoms with Gasteiger partial charge in [-0.1, -0.05) is 36.5 Å². The molecule has 0 aliphatic carbocycles. The molecule has 1 unspecified atom stereocenters. The van der Waals surface area contributed by atoms with Gasteiger partial charge in [-0.15, -0.1) is 10.2 Å². The van der Waals surface area contributed by atoms with Crippen LogP contribution in [0.3, 0.4) is 0 Å². The average molecular weight is 286 g/mol. The number of fused-ring (bicyclic) bond motifs is 1. The van der Waals surface area contributed by atoms with Gasteiger partial charge in [0.05, 0.1) is 6.04 Å². The molecule has 2 aromatic heterocycles. The number of para-hydroxylation sites is 1. The Kier molecular flexibility index (Phi) is 3.80. The highest BCUT2D eigenvalue weighted by molar-refractivity contribution is 7.11. The van der Waals surface area contributed by atoms with Crippen LogP contribution in [0.4, 0.5) is 0 Å². The summed E-state index contributed by atoms with van der Waals surface area (Å²) in [6.07, 6.45) is 4.90. The zero-order chi connectivity index (χ0) is 13.9. The van der Waals surface area contributed by atoms with Crippen molar-refractivity contribution in [2.75, 3.05) is 0 Å². The molecule has 0 saturated heterocycles. The van der Waals surface area contributed by atoms with Gasteiger partial charge in [-0.2, -0.15) is 0 Å². The summed E-state index contributed by atoms with van der Waals surface area (Å²) in [7, 11) is 0. The molecule has 0 saturated carbocycles. The minimum atomic E-state index is -0.0858. The van der Waals surface area contributed by atoms with Gasteiger partial charge in [0.15, 0.2) is 0 Å². The van der Waals surface area contributed by atoms with Crippen molar-refractivity contribution >= 4 is 22.2 Å². The number of nitrogens with zero attached hydrogens (tertiary/aromatic N) is 2. The van der Waals surface area contributed by atoms with E-state index in [9.17, 15) is 0 Å². The molecule has 1 aromatic carbocycles. The number of H-pyrrole nitrogens is 1. The fraction of sp³-hybridized carbons (Fsp3) is 0.333. The van der Waals surface area contributed by atoms with Crippen molar-refractivity contribution in [2.24, 2.45) is 5.73 Å². The van der Waals surface area contributed by atoms with Crippen LogP contribution in [0.2, 0.25) is 0 Å². The summed E-state index contributed by atoms with van der Waals surface area (Å²) in [5.41, 5.74) is 8.67. The maximum Gasteiger partial charge on any atom is 0.134 e. The van der Waals surface area contributed by atoms with Crippen molar-refractivity contribution in [1.29, 1.82) is 0 Å². The van der Waals surface area contributed by atoms with E-state index >= 15 is 0 Å². The Labute approximate surface area is 122 Å². The van der Waals surface area contributed by atoms with Crippen molar-refractivity contribution in [3.8, 4) is 0 Å². The molecule has 4 nitrogen and oxygen atoms in total. The largest absolute Gasteiger partial charge is 0.361 e. The van der Waals surface area contributed by atoms with Crippen molar-refractivity contribution in [3.63, 3.8) is 0 Å². The Balaban J connectivity index is 1.79. The van der Waals surface area contributed by atoms with Crippen LogP contribution in [0.15, 0.2) is 30.5 Å². The first kappa shape index (κ1) is 13.3. The summed E-state index contributed by atoms with van der Waals surface area (Å²) in [5.74, 6) is 0. The van der Waals surface area contributed by atoms with Gasteiger partial charge in [-0.25, -0.2) is 0 Å². The molecule has 3 aromatic rings. The zero-order valence-electron chi connectivity index (χ0n) is 11.5. The molecular weight excluding hydrogens is 268 g/mol. The predicted molar refractivity (Wildman–Crippen MR) is 82.8 cm³/mol. The molecule has 0 radical (unpaired) electrons. The molecule has 0 amide bonds. The van der Waals surface area contributed by atoms with Gasteiger partial charge in [-0.3, -0.25) is 0 Å². The van der Waals surface area contributed by atoms with E-state index in [-0.39, 0.29) is 6.04 Å². The highest BCUT2D eigenvalue weighted by atomic mass is 32.1. The Morgan fingerprint density at radius 2 is 2.15 bits per heavy atom. The lowest BCUT2D eigenvalue weighted by atomic mass is 10.1. The number of rotatable bonds is 5. The van der Waals surface area contributed by atoms with Gasteiger partial charge in [0.1, 0.15) is 10.0 Å². The van der Waals surface area contributed by atoms with Crippen LogP contribution in [-0.4, -0.2) is 15.2 Å². The Bertz CT molecular complexity index is 701. The third-order valence-corrected chi connectivity index (χ3v) is 4.49. The van der Waals surface area contributed by atoms with Crippen molar-refractivity contribution < 1.29 is 0 Å². The van der Waals surface area contributed by atoms with Crippen LogP contribution in [0, 0.1) is 0 Å². The van der Waals surface area contributed by atoms with Crippen LogP contribution in [0.25, 0.3) is 10.9 Å². The molecule has 0 aliphatic rings. The van der Waals surface area contributed by atoms with E-state index in [2.05, 4.69) is 40.3 Å². The number of hydrogen-bond acceptors (Lipinski definition) is 4. The van der Waals surface area contributed by atoms with Gasteiger partial charge in [0.2, 0.25) is 0 Å². The summed E-state index contributed by atoms with van der Waals surface area (Å²) in [6, 6.07) is 8.20. The first-order valence-corrected chi connectivity index (χ1v) is 7.72. The SMILES string of the molecule is CCCc1nnc(C(N)Cc2c[nH]c3ccccc23)s1. The molecule has 1 atom stereocenters. The standard InChI is InChI=1S/C15H18N4S/c1-2-5-14-18-19-15(20-14)12(16)8-10-9-17-13-7-4-3-6-11(10)13/h3-4,6-7,9,12,17H,2,5,8,16H2,1H3. The number of aryl methyl sites for hydroxylation is 1. The highest BCUT2D eigenvalue weighted by Crippen LogP contribution is 2.25. The molecule has 2 heterocycles. The highest BCUT2D eigenvalue weighted by Gasteiger charge is 2.15. The topological polar surface area (TPSA) is 67.6 Å². The zero-order valence-corrected chi connectivity index (χ0v) is 12.3. The number of nitrogens with two attached hydrogens (primary N) is 1. The summed E-state index contributed by atoms with van der Waals surface area (Å²) < 4.78 is 0. The third-order valence-electron chi connectivity index (χ3n) is 3.38. The number of aromatic amines is 1. The van der Waals surface area contributed by atoms with E-state index < -0.39 is 0 Å². The smallest absolute Gasteiger partial charge is 0.134 e. The third kappa shape index (κ3) is 2.59. The second-order valence-electron chi connectivity index (χ2n) is 4.95. The number of benzene rings is 1. The normalized spacial score (nSPS) is 12.9. The van der Waals surface area contributed by atoms with Crippen molar-refractivity contribution in [3.05, 3.63) is 46.0 Å². The fourth-order valence-corrected chi connectivity index (χ4v) is 3.30. The van der Waals surface area contributed by atoms with E-state index in [0.29, 0.717) is 0 Å². The molecule has 0 bridgehead atoms. The summed E-state index contributed by atoms with van der Waals surface area (Å²) in [6.45, 7) is 2.15. The quantitative estimate of drug-likeness (QED) is 0.756. The molecule has 0 aliphatic heterocycles. The molecule has 104 valence electrons. The lowest BCUT2D eigenvalue weighted by Gasteiger charge is -2.06. The van der Waals surface area contributed by atoms with E-state index in [1.807, 2.05) is 12.3 Å². The maximum atomic E-state index is 6.28. The number of nitrogens with one attached hydrogen (secondary N) is 1. The first-order chi connectivity index (χ1) is 9.78. The Morgan fingerprint density at radius 1 is 1.30 bits per heavy atom. The van der Waals surface area contributed by atoms with Crippen LogP contribution in [0.1, 0.15) is 35.0 Å². The van der Waals surface area contributed by atoms with E-state index in [1.54, 1.807) is 11.3 Å². The van der Waals surface area contributed by atoms with Gasteiger partial charge < -0.3 is 10.7 Å². The summed E-state index contributed by atoms with van der Waals surface area (Å²) in [5, 5.41) is 11.7. The molecular formula is C15H18N4S. The Hall–Kier alpha value is -1.72. The summed E-state index contributed by atoms with van der Waals surface area (Å²) in [4.78, 5) is 3.28. The van der Waals surface area contributed by atoms with Gasteiger partial charge in [0, 0.05) is 23.5 Å². The van der Waals surface area contributed by atoms with E-state index in [1.165, 1.54) is 10.9 Å². The first-order valence-electron chi connectivity index (χ1n) is 6.90. The minimum Gasteiger partial charge on any atom is -0.361 e. The molecule has 0 fully saturated rings. The summed E-state index contributed by atoms with van der Waals surface area (Å²) >= 11 is 1.64. The molecule has 20 heavy (non-hydrogen) atoms. The minimum absolute atomic E-state index is 0.0858. The van der Waals surface area contributed by atoms with Crippen LogP contribution < -0.4 is 5.73 Å². The van der Waals surface area contributed by atoms with Gasteiger partial charge in [-0.05, 0) is 24.5 Å². The lowest BCUT2D eigenvalue weighted by Crippen LogP contribution is -2.12. The Morgan fingerprint density at radius 3 is 3.00 bits per heavy atom. The maximum absolute atomic E-state index is 6.28. The van der Waals surface area contributed by atoms with E-state index in [0.717, 1.165) is 34.8 Å². The van der Waals surface area contributed by atoms with Crippen LogP contribution in [0.5, 0.6) is 0 Å². The monoisotopic (exact) mass is 286 g/mol. The molecule has 0 spiro atoms. The molecule has 3 rings (SSSR count). The second kappa shape index (κ2) is 5.73.